The third kappa shape index (κ3) is 4.14. The van der Waals surface area contributed by atoms with Crippen LogP contribution in [0.5, 0.6) is 5.75 Å². The zero-order valence-corrected chi connectivity index (χ0v) is 18.5. The molecule has 1 N–H and O–H groups in total. The van der Waals surface area contributed by atoms with Gasteiger partial charge in [-0.25, -0.2) is 9.18 Å². The van der Waals surface area contributed by atoms with E-state index < -0.39 is 11.9 Å². The molecule has 1 unspecified atom stereocenters. The molecule has 0 spiro atoms. The minimum absolute atomic E-state index is 0.0721. The van der Waals surface area contributed by atoms with Crippen molar-refractivity contribution in [3.05, 3.63) is 74.0 Å². The van der Waals surface area contributed by atoms with E-state index in [4.69, 9.17) is 9.47 Å². The summed E-state index contributed by atoms with van der Waals surface area (Å²) in [4.78, 5) is 27.5. The highest BCUT2D eigenvalue weighted by atomic mass is 32.1. The van der Waals surface area contributed by atoms with Crippen LogP contribution in [-0.2, 0) is 20.9 Å². The van der Waals surface area contributed by atoms with E-state index in [1.807, 2.05) is 19.9 Å². The first-order valence-corrected chi connectivity index (χ1v) is 11.0. The van der Waals surface area contributed by atoms with Crippen LogP contribution in [0.2, 0.25) is 0 Å². The second kappa shape index (κ2) is 8.67. The molecule has 2 aromatic rings. The van der Waals surface area contributed by atoms with Crippen molar-refractivity contribution in [3.63, 3.8) is 0 Å². The maximum Gasteiger partial charge on any atom is 0.336 e. The van der Waals surface area contributed by atoms with Gasteiger partial charge in [-0.1, -0.05) is 0 Å². The number of esters is 1. The number of methoxy groups -OCH3 is 1. The molecule has 1 atom stereocenters. The number of aryl methyl sites for hydroxylation is 1. The molecule has 1 aliphatic carbocycles. The average molecular weight is 442 g/mol. The number of benzene rings is 1. The van der Waals surface area contributed by atoms with Gasteiger partial charge in [0.05, 0.1) is 18.6 Å². The van der Waals surface area contributed by atoms with Gasteiger partial charge in [0.1, 0.15) is 18.2 Å². The zero-order chi connectivity index (χ0) is 22.1. The number of Topliss-reactive ketones (excluding diaryl/α,β-unsaturated/α-hetero) is 1. The van der Waals surface area contributed by atoms with Crippen molar-refractivity contribution < 1.29 is 23.5 Å². The average Bonchev–Trinajstić information content (AvgIpc) is 3.12. The Bertz CT molecular complexity index is 1100. The lowest BCUT2D eigenvalue weighted by Gasteiger charge is -2.33. The number of rotatable bonds is 5. The van der Waals surface area contributed by atoms with E-state index in [-0.39, 0.29) is 11.6 Å². The van der Waals surface area contributed by atoms with Crippen LogP contribution in [0, 0.1) is 12.7 Å². The van der Waals surface area contributed by atoms with Crippen molar-refractivity contribution in [1.82, 2.24) is 5.32 Å². The number of hydrogen-bond donors (Lipinski definition) is 1. The lowest BCUT2D eigenvalue weighted by Crippen LogP contribution is -2.33. The van der Waals surface area contributed by atoms with Gasteiger partial charge in [0, 0.05) is 38.7 Å². The number of carbonyl (C=O) groups is 2. The van der Waals surface area contributed by atoms with Gasteiger partial charge < -0.3 is 14.8 Å². The number of halogens is 1. The monoisotopic (exact) mass is 441 g/mol. The van der Waals surface area contributed by atoms with E-state index >= 15 is 0 Å². The molecular formula is C24H24FNO4S. The van der Waals surface area contributed by atoms with Crippen LogP contribution in [0.15, 0.2) is 52.9 Å². The summed E-state index contributed by atoms with van der Waals surface area (Å²) < 4.78 is 24.0. The van der Waals surface area contributed by atoms with Crippen molar-refractivity contribution in [2.24, 2.45) is 0 Å². The Morgan fingerprint density at radius 2 is 1.97 bits per heavy atom. The van der Waals surface area contributed by atoms with Crippen LogP contribution in [0.3, 0.4) is 0 Å². The molecule has 7 heteroatoms. The Hall–Kier alpha value is -2.93. The Morgan fingerprint density at radius 3 is 2.68 bits per heavy atom. The highest BCUT2D eigenvalue weighted by Crippen LogP contribution is 2.45. The van der Waals surface area contributed by atoms with Crippen LogP contribution < -0.4 is 10.1 Å². The molecule has 0 radical (unpaired) electrons. The van der Waals surface area contributed by atoms with Gasteiger partial charge in [-0.2, -0.15) is 0 Å². The summed E-state index contributed by atoms with van der Waals surface area (Å²) in [7, 11) is 1.36. The van der Waals surface area contributed by atoms with E-state index in [1.54, 1.807) is 23.5 Å². The molecule has 2 aliphatic rings. The van der Waals surface area contributed by atoms with Crippen LogP contribution >= 0.6 is 11.3 Å². The lowest BCUT2D eigenvalue weighted by molar-refractivity contribution is -0.136. The van der Waals surface area contributed by atoms with E-state index in [0.717, 1.165) is 39.6 Å². The number of hydrogen-bond acceptors (Lipinski definition) is 6. The molecule has 0 bridgehead atoms. The van der Waals surface area contributed by atoms with Crippen molar-refractivity contribution >= 4 is 23.1 Å². The first-order chi connectivity index (χ1) is 14.9. The summed E-state index contributed by atoms with van der Waals surface area (Å²) in [6, 6.07) is 7.89. The van der Waals surface area contributed by atoms with Crippen molar-refractivity contribution in [3.8, 4) is 5.75 Å². The second-order valence-corrected chi connectivity index (χ2v) is 9.02. The number of ether oxygens (including phenoxy) is 2. The number of dihydropyridines is 1. The third-order valence-electron chi connectivity index (χ3n) is 5.71. The molecule has 1 aromatic carbocycles. The number of carbonyl (C=O) groups excluding carboxylic acids is 2. The van der Waals surface area contributed by atoms with Gasteiger partial charge in [-0.15, -0.1) is 11.3 Å². The molecule has 31 heavy (non-hydrogen) atoms. The molecule has 0 amide bonds. The van der Waals surface area contributed by atoms with E-state index in [0.29, 0.717) is 29.9 Å². The van der Waals surface area contributed by atoms with Gasteiger partial charge >= 0.3 is 5.97 Å². The Labute approximate surface area is 184 Å². The number of allylic oxidation sites excluding steroid dienone is 3. The highest BCUT2D eigenvalue weighted by Gasteiger charge is 2.39. The van der Waals surface area contributed by atoms with Crippen molar-refractivity contribution in [2.75, 3.05) is 7.11 Å². The normalized spacial score (nSPS) is 18.6. The largest absolute Gasteiger partial charge is 0.489 e. The molecule has 0 fully saturated rings. The maximum atomic E-state index is 13.1. The first kappa shape index (κ1) is 21.3. The van der Waals surface area contributed by atoms with Crippen molar-refractivity contribution in [2.45, 2.75) is 45.6 Å². The Morgan fingerprint density at radius 1 is 1.23 bits per heavy atom. The maximum absolute atomic E-state index is 13.1. The minimum atomic E-state index is -0.445. The van der Waals surface area contributed by atoms with Gasteiger partial charge in [-0.05, 0) is 57.0 Å². The molecular weight excluding hydrogens is 417 g/mol. The van der Waals surface area contributed by atoms with Crippen LogP contribution in [0.25, 0.3) is 0 Å². The van der Waals surface area contributed by atoms with Crippen LogP contribution in [0.4, 0.5) is 4.39 Å². The van der Waals surface area contributed by atoms with Gasteiger partial charge in [-0.3, -0.25) is 4.79 Å². The number of nitrogens with one attached hydrogen (secondary N) is 1. The Kier molecular flexibility index (Phi) is 5.96. The molecule has 4 rings (SSSR count). The van der Waals surface area contributed by atoms with Crippen molar-refractivity contribution in [1.29, 1.82) is 0 Å². The zero-order valence-electron chi connectivity index (χ0n) is 17.7. The van der Waals surface area contributed by atoms with E-state index in [1.165, 1.54) is 19.2 Å². The smallest absolute Gasteiger partial charge is 0.336 e. The van der Waals surface area contributed by atoms with Crippen LogP contribution in [0.1, 0.15) is 47.4 Å². The Balaban J connectivity index is 1.69. The molecule has 0 saturated carbocycles. The summed E-state index contributed by atoms with van der Waals surface area (Å²) in [5.74, 6) is -0.544. The topological polar surface area (TPSA) is 64.6 Å². The summed E-state index contributed by atoms with van der Waals surface area (Å²) in [6.45, 7) is 4.15. The standard InChI is InChI=1S/C24H24FNO4S/c1-13-21(24(28)29-3)23(22-18(26-13)5-4-6-19(22)27)20-11-15(14(2)31-20)12-30-17-9-7-16(25)8-10-17/h7-11,23,26H,4-6,12H2,1-3H3. The van der Waals surface area contributed by atoms with Crippen LogP contribution in [-0.4, -0.2) is 18.9 Å². The summed E-state index contributed by atoms with van der Waals surface area (Å²) in [5.41, 5.74) is 3.74. The van der Waals surface area contributed by atoms with E-state index in [9.17, 15) is 14.0 Å². The minimum Gasteiger partial charge on any atom is -0.489 e. The predicted molar refractivity (Wildman–Crippen MR) is 116 cm³/mol. The second-order valence-electron chi connectivity index (χ2n) is 7.73. The SMILES string of the molecule is COC(=O)C1=C(C)NC2=C(C(=O)CCC2)C1c1cc(COc2ccc(F)cc2)c(C)s1. The summed E-state index contributed by atoms with van der Waals surface area (Å²) in [6.07, 6.45) is 2.07. The predicted octanol–water partition coefficient (Wildman–Crippen LogP) is 4.92. The molecule has 0 saturated heterocycles. The number of thiophene rings is 1. The van der Waals surface area contributed by atoms with Gasteiger partial charge in [0.2, 0.25) is 0 Å². The fraction of sp³-hybridized carbons (Fsp3) is 0.333. The molecule has 162 valence electrons. The first-order valence-electron chi connectivity index (χ1n) is 10.2. The fourth-order valence-corrected chi connectivity index (χ4v) is 5.33. The molecule has 1 aromatic heterocycles. The van der Waals surface area contributed by atoms with E-state index in [2.05, 4.69) is 5.32 Å². The van der Waals surface area contributed by atoms with Gasteiger partial charge in [0.25, 0.3) is 0 Å². The fourth-order valence-electron chi connectivity index (χ4n) is 4.17. The molecule has 2 heterocycles. The summed E-state index contributed by atoms with van der Waals surface area (Å²) in [5, 5.41) is 3.27. The van der Waals surface area contributed by atoms with Gasteiger partial charge in [0.15, 0.2) is 5.78 Å². The third-order valence-corrected chi connectivity index (χ3v) is 6.87. The highest BCUT2D eigenvalue weighted by molar-refractivity contribution is 7.12. The molecule has 5 nitrogen and oxygen atoms in total. The lowest BCUT2D eigenvalue weighted by atomic mass is 9.78. The quantitative estimate of drug-likeness (QED) is 0.668. The number of ketones is 1. The molecule has 1 aliphatic heterocycles. The summed E-state index contributed by atoms with van der Waals surface area (Å²) >= 11 is 1.55.